The Balaban J connectivity index is 1.71. The van der Waals surface area contributed by atoms with Crippen LogP contribution < -0.4 is 4.78 Å². The topological polar surface area (TPSA) is 38.7 Å². The molecule has 7 heteroatoms. The molecule has 0 atom stereocenters. The molecule has 0 N–H and O–H groups in total. The molecule has 0 bridgehead atoms. The number of hydrogen-bond donors (Lipinski definition) is 0. The molecule has 24 heavy (non-hydrogen) atoms. The first-order valence-corrected chi connectivity index (χ1v) is 9.88. The Labute approximate surface area is 146 Å². The SMILES string of the molecule is O=P(N1CC1)(N1CC1)N(/N=C/c1ccc(Cl)cc1)c1ccccc1. The van der Waals surface area contributed by atoms with Crippen LogP contribution in [-0.4, -0.2) is 41.7 Å². The Morgan fingerprint density at radius 2 is 1.54 bits per heavy atom. The van der Waals surface area contributed by atoms with Gasteiger partial charge in [-0.1, -0.05) is 41.9 Å². The van der Waals surface area contributed by atoms with E-state index in [1.807, 2.05) is 63.9 Å². The van der Waals surface area contributed by atoms with Gasteiger partial charge in [0.15, 0.2) is 0 Å². The van der Waals surface area contributed by atoms with Crippen molar-refractivity contribution in [2.45, 2.75) is 0 Å². The molecule has 0 spiro atoms. The fourth-order valence-corrected chi connectivity index (χ4v) is 5.35. The van der Waals surface area contributed by atoms with Gasteiger partial charge in [-0.15, -0.1) is 0 Å². The van der Waals surface area contributed by atoms with E-state index in [-0.39, 0.29) is 0 Å². The molecular formula is C17H18ClN4OP. The Bertz CT molecular complexity index is 772. The lowest BCUT2D eigenvalue weighted by Gasteiger charge is -2.30. The normalized spacial score (nSPS) is 18.0. The number of para-hydroxylation sites is 1. The lowest BCUT2D eigenvalue weighted by atomic mass is 10.2. The van der Waals surface area contributed by atoms with Gasteiger partial charge in [0.2, 0.25) is 0 Å². The number of anilines is 1. The molecule has 4 rings (SSSR count). The van der Waals surface area contributed by atoms with Crippen molar-refractivity contribution >= 4 is 31.1 Å². The molecule has 2 saturated heterocycles. The molecule has 2 aliphatic rings. The van der Waals surface area contributed by atoms with E-state index in [1.54, 1.807) is 11.0 Å². The van der Waals surface area contributed by atoms with E-state index in [9.17, 15) is 4.57 Å². The van der Waals surface area contributed by atoms with E-state index >= 15 is 0 Å². The van der Waals surface area contributed by atoms with Crippen LogP contribution in [0.4, 0.5) is 5.69 Å². The summed E-state index contributed by atoms with van der Waals surface area (Å²) in [6.07, 6.45) is 1.74. The third kappa shape index (κ3) is 3.13. The van der Waals surface area contributed by atoms with Crippen LogP contribution in [-0.2, 0) is 4.57 Å². The van der Waals surface area contributed by atoms with Crippen LogP contribution in [0.3, 0.4) is 0 Å². The summed E-state index contributed by atoms with van der Waals surface area (Å²) in [7, 11) is -2.84. The largest absolute Gasteiger partial charge is 0.331 e. The van der Waals surface area contributed by atoms with E-state index in [1.165, 1.54) is 0 Å². The summed E-state index contributed by atoms with van der Waals surface area (Å²) in [5.41, 5.74) is 1.76. The number of hydrogen-bond acceptors (Lipinski definition) is 2. The fourth-order valence-electron chi connectivity index (χ4n) is 2.54. The van der Waals surface area contributed by atoms with E-state index in [0.717, 1.165) is 37.4 Å². The molecule has 0 saturated carbocycles. The molecule has 2 aromatic rings. The van der Waals surface area contributed by atoms with Crippen molar-refractivity contribution in [3.63, 3.8) is 0 Å². The number of benzene rings is 2. The van der Waals surface area contributed by atoms with Crippen molar-refractivity contribution in [2.75, 3.05) is 31.0 Å². The minimum absolute atomic E-state index is 0.686. The second kappa shape index (κ2) is 6.34. The predicted octanol–water partition coefficient (Wildman–Crippen LogP) is 3.92. The summed E-state index contributed by atoms with van der Waals surface area (Å²) in [5.74, 6) is 0. The highest BCUT2D eigenvalue weighted by atomic mass is 35.5. The maximum absolute atomic E-state index is 13.8. The molecule has 2 aliphatic heterocycles. The molecule has 0 aromatic heterocycles. The summed E-state index contributed by atoms with van der Waals surface area (Å²) in [4.78, 5) is 0. The highest BCUT2D eigenvalue weighted by Gasteiger charge is 2.52. The molecule has 2 fully saturated rings. The van der Waals surface area contributed by atoms with Gasteiger partial charge >= 0.3 is 7.59 Å². The third-order valence-electron chi connectivity index (χ3n) is 4.00. The Morgan fingerprint density at radius 3 is 2.08 bits per heavy atom. The van der Waals surface area contributed by atoms with Crippen LogP contribution in [0.25, 0.3) is 0 Å². The van der Waals surface area contributed by atoms with Gasteiger partial charge in [0.05, 0.1) is 11.9 Å². The average Bonchev–Trinajstić information content (AvgIpc) is 3.50. The van der Waals surface area contributed by atoms with Gasteiger partial charge in [-0.3, -0.25) is 4.57 Å². The summed E-state index contributed by atoms with van der Waals surface area (Å²) in [5, 5.41) is 5.29. The second-order valence-electron chi connectivity index (χ2n) is 5.84. The zero-order valence-electron chi connectivity index (χ0n) is 13.1. The van der Waals surface area contributed by atoms with Crippen LogP contribution in [0, 0.1) is 0 Å². The molecular weight excluding hydrogens is 343 g/mol. The first-order chi connectivity index (χ1) is 11.7. The van der Waals surface area contributed by atoms with Gasteiger partial charge in [0.25, 0.3) is 0 Å². The van der Waals surface area contributed by atoms with E-state index < -0.39 is 7.59 Å². The van der Waals surface area contributed by atoms with Gasteiger partial charge in [-0.05, 0) is 29.8 Å². The zero-order valence-corrected chi connectivity index (χ0v) is 14.8. The van der Waals surface area contributed by atoms with Gasteiger partial charge in [0, 0.05) is 31.2 Å². The number of nitrogens with zero attached hydrogens (tertiary/aromatic N) is 4. The Hall–Kier alpha value is -1.65. The second-order valence-corrected chi connectivity index (χ2v) is 8.81. The van der Waals surface area contributed by atoms with Gasteiger partial charge in [-0.2, -0.15) is 9.88 Å². The van der Waals surface area contributed by atoms with Crippen LogP contribution >= 0.6 is 19.2 Å². The molecule has 124 valence electrons. The Kier molecular flexibility index (Phi) is 4.19. The zero-order chi connectivity index (χ0) is 16.6. The molecule has 2 heterocycles. The van der Waals surface area contributed by atoms with Crippen LogP contribution in [0.2, 0.25) is 5.02 Å². The number of hydrazone groups is 1. The van der Waals surface area contributed by atoms with Crippen molar-refractivity contribution in [3.05, 3.63) is 65.2 Å². The van der Waals surface area contributed by atoms with Crippen molar-refractivity contribution < 1.29 is 4.57 Å². The molecule has 5 nitrogen and oxygen atoms in total. The Morgan fingerprint density at radius 1 is 0.958 bits per heavy atom. The highest BCUT2D eigenvalue weighted by molar-refractivity contribution is 7.61. The average molecular weight is 361 g/mol. The van der Waals surface area contributed by atoms with Crippen LogP contribution in [0.5, 0.6) is 0 Å². The molecule has 0 radical (unpaired) electrons. The first-order valence-electron chi connectivity index (χ1n) is 7.94. The first kappa shape index (κ1) is 15.9. The van der Waals surface area contributed by atoms with Gasteiger partial charge in [-0.25, -0.2) is 9.34 Å². The minimum Gasteiger partial charge on any atom is -0.262 e. The van der Waals surface area contributed by atoms with E-state index in [2.05, 4.69) is 5.10 Å². The number of rotatable bonds is 6. The van der Waals surface area contributed by atoms with Crippen molar-refractivity contribution in [1.82, 2.24) is 9.34 Å². The quantitative estimate of drug-likeness (QED) is 0.339. The van der Waals surface area contributed by atoms with Gasteiger partial charge < -0.3 is 0 Å². The third-order valence-corrected chi connectivity index (χ3v) is 7.36. The lowest BCUT2D eigenvalue weighted by molar-refractivity contribution is 0.514. The summed E-state index contributed by atoms with van der Waals surface area (Å²) in [6, 6.07) is 17.2. The summed E-state index contributed by atoms with van der Waals surface area (Å²) >= 11 is 5.93. The van der Waals surface area contributed by atoms with Crippen molar-refractivity contribution in [1.29, 1.82) is 0 Å². The fraction of sp³-hybridized carbons (Fsp3) is 0.235. The standard InChI is InChI=1S/C17H18ClN4OP/c18-16-8-6-15(7-9-16)14-19-22(17-4-2-1-3-5-17)24(23,20-10-11-20)21-12-13-21/h1-9,14H,10-13H2/b19-14+. The van der Waals surface area contributed by atoms with Crippen molar-refractivity contribution in [3.8, 4) is 0 Å². The molecule has 2 aromatic carbocycles. The highest BCUT2D eigenvalue weighted by Crippen LogP contribution is 2.64. The molecule has 0 aliphatic carbocycles. The molecule has 0 unspecified atom stereocenters. The minimum atomic E-state index is -2.84. The lowest BCUT2D eigenvalue weighted by Crippen LogP contribution is -2.23. The smallest absolute Gasteiger partial charge is 0.262 e. The summed E-state index contributed by atoms with van der Waals surface area (Å²) < 4.78 is 19.5. The molecule has 0 amide bonds. The van der Waals surface area contributed by atoms with Crippen molar-refractivity contribution in [2.24, 2.45) is 5.10 Å². The van der Waals surface area contributed by atoms with E-state index in [4.69, 9.17) is 11.6 Å². The van der Waals surface area contributed by atoms with Gasteiger partial charge in [0.1, 0.15) is 0 Å². The maximum Gasteiger partial charge on any atom is 0.331 e. The van der Waals surface area contributed by atoms with Crippen LogP contribution in [0.15, 0.2) is 59.7 Å². The maximum atomic E-state index is 13.8. The predicted molar refractivity (Wildman–Crippen MR) is 98.7 cm³/mol. The number of halogens is 1. The van der Waals surface area contributed by atoms with E-state index in [0.29, 0.717) is 5.02 Å². The van der Waals surface area contributed by atoms with Crippen LogP contribution in [0.1, 0.15) is 5.56 Å². The monoisotopic (exact) mass is 360 g/mol. The summed E-state index contributed by atoms with van der Waals surface area (Å²) in [6.45, 7) is 3.42.